The molecule has 65 heavy (non-hydrogen) atoms. The smallest absolute Gasteiger partial charge is 0.305 e. The minimum absolute atomic E-state index is 0.0132. The maximum absolute atomic E-state index is 12.4. The van der Waals surface area contributed by atoms with Crippen molar-refractivity contribution >= 4 is 11.9 Å². The van der Waals surface area contributed by atoms with Crippen molar-refractivity contribution < 1.29 is 24.5 Å². The van der Waals surface area contributed by atoms with Crippen molar-refractivity contribution in [1.82, 2.24) is 5.32 Å². The summed E-state index contributed by atoms with van der Waals surface area (Å²) in [6.07, 6.45) is 65.0. The van der Waals surface area contributed by atoms with Gasteiger partial charge < -0.3 is 20.3 Å². The zero-order chi connectivity index (χ0) is 47.2. The number of esters is 1. The summed E-state index contributed by atoms with van der Waals surface area (Å²) in [5.74, 6) is -0.0286. The van der Waals surface area contributed by atoms with E-state index in [0.717, 1.165) is 38.5 Å². The first kappa shape index (κ1) is 63.6. The molecule has 0 rings (SSSR count). The van der Waals surface area contributed by atoms with Gasteiger partial charge in [-0.3, -0.25) is 9.59 Å². The zero-order valence-corrected chi connectivity index (χ0v) is 44.0. The topological polar surface area (TPSA) is 95.9 Å². The van der Waals surface area contributed by atoms with Crippen LogP contribution in [0, 0.1) is 0 Å². The van der Waals surface area contributed by atoms with Crippen molar-refractivity contribution in [2.45, 2.75) is 341 Å². The minimum Gasteiger partial charge on any atom is -0.466 e. The minimum atomic E-state index is -0.666. The monoisotopic (exact) mass is 918 g/mol. The molecule has 6 heteroatoms. The molecule has 0 aliphatic carbocycles. The third kappa shape index (κ3) is 51.8. The number of hydrogen-bond acceptors (Lipinski definition) is 5. The molecule has 0 aromatic rings. The SMILES string of the molecule is CCCCCCCCCCCCCCCCCC(=O)OCCCCCCCCCCCCC/C=C\CCCCCCCCCC(=O)NC(CO)C(O)CCCCCCCCCCCCC. The second-order valence-electron chi connectivity index (χ2n) is 20.3. The van der Waals surface area contributed by atoms with Gasteiger partial charge in [-0.25, -0.2) is 0 Å². The van der Waals surface area contributed by atoms with Crippen molar-refractivity contribution in [3.05, 3.63) is 12.2 Å². The van der Waals surface area contributed by atoms with E-state index in [1.807, 2.05) is 0 Å². The van der Waals surface area contributed by atoms with Crippen molar-refractivity contribution in [2.24, 2.45) is 0 Å². The number of ether oxygens (including phenoxy) is 1. The van der Waals surface area contributed by atoms with Crippen LogP contribution in [0.2, 0.25) is 0 Å². The maximum atomic E-state index is 12.4. The van der Waals surface area contributed by atoms with Crippen LogP contribution in [0.4, 0.5) is 0 Å². The Morgan fingerprint density at radius 1 is 0.415 bits per heavy atom. The predicted molar refractivity (Wildman–Crippen MR) is 283 cm³/mol. The van der Waals surface area contributed by atoms with Crippen LogP contribution in [0.25, 0.3) is 0 Å². The molecule has 0 saturated heterocycles. The molecule has 0 aromatic heterocycles. The number of hydrogen-bond donors (Lipinski definition) is 3. The van der Waals surface area contributed by atoms with Crippen molar-refractivity contribution in [2.75, 3.05) is 13.2 Å². The number of carbonyl (C=O) groups excluding carboxylic acids is 2. The molecule has 0 saturated carbocycles. The van der Waals surface area contributed by atoms with Gasteiger partial charge in [0.25, 0.3) is 0 Å². The van der Waals surface area contributed by atoms with Crippen LogP contribution >= 0.6 is 0 Å². The molecule has 0 aromatic carbocycles. The van der Waals surface area contributed by atoms with Crippen LogP contribution in [-0.2, 0) is 14.3 Å². The lowest BCUT2D eigenvalue weighted by molar-refractivity contribution is -0.143. The van der Waals surface area contributed by atoms with Crippen molar-refractivity contribution in [3.8, 4) is 0 Å². The highest BCUT2D eigenvalue weighted by Gasteiger charge is 2.20. The van der Waals surface area contributed by atoms with E-state index in [9.17, 15) is 19.8 Å². The number of allylic oxidation sites excluding steroid dienone is 2. The molecule has 2 unspecified atom stereocenters. The van der Waals surface area contributed by atoms with Gasteiger partial charge in [-0.1, -0.05) is 276 Å². The Labute approximate surface area is 406 Å². The number of unbranched alkanes of at least 4 members (excludes halogenated alkanes) is 42. The van der Waals surface area contributed by atoms with Crippen LogP contribution in [-0.4, -0.2) is 47.4 Å². The van der Waals surface area contributed by atoms with E-state index in [1.54, 1.807) is 0 Å². The Hall–Kier alpha value is -1.40. The van der Waals surface area contributed by atoms with Gasteiger partial charge in [-0.15, -0.1) is 0 Å². The highest BCUT2D eigenvalue weighted by Crippen LogP contribution is 2.17. The molecular formula is C59H115NO5. The van der Waals surface area contributed by atoms with Gasteiger partial charge in [0.15, 0.2) is 0 Å². The van der Waals surface area contributed by atoms with E-state index < -0.39 is 12.1 Å². The fourth-order valence-electron chi connectivity index (χ4n) is 9.28. The summed E-state index contributed by atoms with van der Waals surface area (Å²) >= 11 is 0. The predicted octanol–water partition coefficient (Wildman–Crippen LogP) is 18.1. The second kappa shape index (κ2) is 55.2. The lowest BCUT2D eigenvalue weighted by Gasteiger charge is -2.22. The average Bonchev–Trinajstić information content (AvgIpc) is 3.31. The number of amides is 1. The molecule has 2 atom stereocenters. The number of nitrogens with one attached hydrogen (secondary N) is 1. The van der Waals surface area contributed by atoms with E-state index in [1.165, 1.54) is 257 Å². The van der Waals surface area contributed by atoms with Gasteiger partial charge in [0, 0.05) is 12.8 Å². The van der Waals surface area contributed by atoms with E-state index in [4.69, 9.17) is 4.74 Å². The summed E-state index contributed by atoms with van der Waals surface area (Å²) in [4.78, 5) is 24.5. The number of aliphatic hydroxyl groups is 2. The standard InChI is InChI=1S/C59H115NO5/c1-3-5-7-9-11-13-15-16-25-29-33-37-41-45-49-53-59(64)65-54-50-46-42-38-34-30-27-24-22-20-18-17-19-21-23-26-28-32-36-40-44-48-52-58(63)60-56(55-61)57(62)51-47-43-39-35-31-14-12-10-8-6-4-2/h19,21,56-57,61-62H,3-18,20,22-55H2,1-2H3,(H,60,63)/b21-19-. The second-order valence-corrected chi connectivity index (χ2v) is 20.3. The summed E-state index contributed by atoms with van der Waals surface area (Å²) in [5.41, 5.74) is 0. The van der Waals surface area contributed by atoms with Crippen molar-refractivity contribution in [1.29, 1.82) is 0 Å². The maximum Gasteiger partial charge on any atom is 0.305 e. The van der Waals surface area contributed by atoms with Gasteiger partial charge in [-0.2, -0.15) is 0 Å². The van der Waals surface area contributed by atoms with E-state index >= 15 is 0 Å². The Morgan fingerprint density at radius 2 is 0.723 bits per heavy atom. The Balaban J connectivity index is 3.38. The van der Waals surface area contributed by atoms with Crippen LogP contribution in [0.5, 0.6) is 0 Å². The summed E-state index contributed by atoms with van der Waals surface area (Å²) in [6.45, 7) is 4.96. The first-order chi connectivity index (χ1) is 32.0. The van der Waals surface area contributed by atoms with Crippen LogP contribution < -0.4 is 5.32 Å². The first-order valence-electron chi connectivity index (χ1n) is 29.4. The van der Waals surface area contributed by atoms with E-state index in [2.05, 4.69) is 31.3 Å². The molecule has 0 radical (unpaired) electrons. The number of rotatable bonds is 55. The summed E-state index contributed by atoms with van der Waals surface area (Å²) in [7, 11) is 0. The molecular weight excluding hydrogens is 803 g/mol. The summed E-state index contributed by atoms with van der Waals surface area (Å²) in [5, 5.41) is 23.2. The van der Waals surface area contributed by atoms with Gasteiger partial charge in [0.05, 0.1) is 25.4 Å². The zero-order valence-electron chi connectivity index (χ0n) is 44.0. The summed E-state index contributed by atoms with van der Waals surface area (Å²) in [6, 6.07) is -0.544. The largest absolute Gasteiger partial charge is 0.466 e. The number of carbonyl (C=O) groups is 2. The molecule has 0 heterocycles. The van der Waals surface area contributed by atoms with Crippen LogP contribution in [0.3, 0.4) is 0 Å². The van der Waals surface area contributed by atoms with E-state index in [-0.39, 0.29) is 18.5 Å². The van der Waals surface area contributed by atoms with Gasteiger partial charge in [0.1, 0.15) is 0 Å². The molecule has 0 spiro atoms. The van der Waals surface area contributed by atoms with Gasteiger partial charge in [-0.05, 0) is 51.4 Å². The normalized spacial score (nSPS) is 12.6. The Kier molecular flexibility index (Phi) is 54.0. The molecule has 0 aliphatic rings. The fourth-order valence-corrected chi connectivity index (χ4v) is 9.28. The van der Waals surface area contributed by atoms with Gasteiger partial charge in [0.2, 0.25) is 5.91 Å². The number of aliphatic hydroxyl groups excluding tert-OH is 2. The quantitative estimate of drug-likeness (QED) is 0.0321. The lowest BCUT2D eigenvalue weighted by Crippen LogP contribution is -2.45. The third-order valence-corrected chi connectivity index (χ3v) is 13.8. The molecule has 0 fully saturated rings. The lowest BCUT2D eigenvalue weighted by atomic mass is 10.0. The fraction of sp³-hybridized carbons (Fsp3) is 0.932. The van der Waals surface area contributed by atoms with Crippen LogP contribution in [0.15, 0.2) is 12.2 Å². The first-order valence-corrected chi connectivity index (χ1v) is 29.4. The molecule has 0 bridgehead atoms. The van der Waals surface area contributed by atoms with Crippen LogP contribution in [0.1, 0.15) is 328 Å². The highest BCUT2D eigenvalue weighted by molar-refractivity contribution is 5.76. The molecule has 386 valence electrons. The third-order valence-electron chi connectivity index (χ3n) is 13.8. The summed E-state index contributed by atoms with van der Waals surface area (Å²) < 4.78 is 5.48. The van der Waals surface area contributed by atoms with E-state index in [0.29, 0.717) is 25.9 Å². The molecule has 6 nitrogen and oxygen atoms in total. The van der Waals surface area contributed by atoms with Gasteiger partial charge >= 0.3 is 5.97 Å². The highest BCUT2D eigenvalue weighted by atomic mass is 16.5. The molecule has 1 amide bonds. The molecule has 3 N–H and O–H groups in total. The Bertz CT molecular complexity index is 970. The Morgan fingerprint density at radius 3 is 1.09 bits per heavy atom. The molecule has 0 aliphatic heterocycles. The average molecular weight is 919 g/mol. The van der Waals surface area contributed by atoms with Crippen molar-refractivity contribution in [3.63, 3.8) is 0 Å².